The lowest BCUT2D eigenvalue weighted by Gasteiger charge is -2.24. The lowest BCUT2D eigenvalue weighted by molar-refractivity contribution is -0.129. The maximum absolute atomic E-state index is 12.6. The molecule has 2 aliphatic carbocycles. The van der Waals surface area contributed by atoms with Crippen LogP contribution < -0.4 is 10.1 Å². The minimum absolute atomic E-state index is 0.0657. The van der Waals surface area contributed by atoms with Crippen LogP contribution >= 0.6 is 0 Å². The van der Waals surface area contributed by atoms with Crippen molar-refractivity contribution in [3.8, 4) is 5.75 Å². The van der Waals surface area contributed by atoms with Crippen molar-refractivity contribution < 1.29 is 14.3 Å². The van der Waals surface area contributed by atoms with Gasteiger partial charge >= 0.3 is 0 Å². The van der Waals surface area contributed by atoms with Crippen LogP contribution in [0.15, 0.2) is 24.3 Å². The van der Waals surface area contributed by atoms with E-state index in [1.54, 1.807) is 12.0 Å². The van der Waals surface area contributed by atoms with Crippen molar-refractivity contribution >= 4 is 11.8 Å². The minimum Gasteiger partial charge on any atom is -0.497 e. The maximum atomic E-state index is 12.6. The predicted octanol–water partition coefficient (Wildman–Crippen LogP) is 2.35. The van der Waals surface area contributed by atoms with Gasteiger partial charge in [-0.2, -0.15) is 0 Å². The molecule has 2 saturated carbocycles. The van der Waals surface area contributed by atoms with Crippen LogP contribution in [0.3, 0.4) is 0 Å². The zero-order chi connectivity index (χ0) is 17.4. The van der Waals surface area contributed by atoms with Crippen LogP contribution in [0.5, 0.6) is 5.75 Å². The number of ether oxygens (including phenoxy) is 1. The van der Waals surface area contributed by atoms with Gasteiger partial charge in [-0.15, -0.1) is 0 Å². The van der Waals surface area contributed by atoms with Gasteiger partial charge in [0, 0.05) is 25.6 Å². The fourth-order valence-corrected chi connectivity index (χ4v) is 4.81. The van der Waals surface area contributed by atoms with E-state index in [0.717, 1.165) is 23.7 Å². The number of likely N-dealkylation sites (tertiary alicyclic amines) is 1. The topological polar surface area (TPSA) is 58.6 Å². The van der Waals surface area contributed by atoms with Crippen molar-refractivity contribution in [1.82, 2.24) is 10.2 Å². The number of hydrogen-bond acceptors (Lipinski definition) is 3. The summed E-state index contributed by atoms with van der Waals surface area (Å²) in [6.45, 7) is 1.05. The highest BCUT2D eigenvalue weighted by Crippen LogP contribution is 2.44. The van der Waals surface area contributed by atoms with Gasteiger partial charge in [0.15, 0.2) is 0 Å². The monoisotopic (exact) mass is 342 g/mol. The maximum Gasteiger partial charge on any atom is 0.225 e. The third kappa shape index (κ3) is 3.37. The molecule has 0 aromatic heterocycles. The molecule has 1 saturated heterocycles. The average Bonchev–Trinajstić information content (AvgIpc) is 3.31. The van der Waals surface area contributed by atoms with Gasteiger partial charge in [0.2, 0.25) is 11.8 Å². The number of nitrogens with zero attached hydrogens (tertiary/aromatic N) is 1. The first kappa shape index (κ1) is 16.4. The van der Waals surface area contributed by atoms with Crippen LogP contribution in [0.1, 0.15) is 37.7 Å². The van der Waals surface area contributed by atoms with E-state index < -0.39 is 0 Å². The van der Waals surface area contributed by atoms with E-state index in [9.17, 15) is 9.59 Å². The summed E-state index contributed by atoms with van der Waals surface area (Å²) in [7, 11) is 1.64. The standard InChI is InChI=1S/C20H26N2O3/c1-25-17-4-2-3-14(8-17)11-22-12-16(10-19(22)23)20(24)21-18-9-13-5-6-15(18)7-13/h2-4,8,13,15-16,18H,5-7,9-12H2,1H3,(H,21,24). The molecule has 0 radical (unpaired) electrons. The Kier molecular flexibility index (Phi) is 4.40. The Labute approximate surface area is 148 Å². The second-order valence-corrected chi connectivity index (χ2v) is 7.82. The highest BCUT2D eigenvalue weighted by Gasteiger charge is 2.42. The molecular weight excluding hydrogens is 316 g/mol. The lowest BCUT2D eigenvalue weighted by atomic mass is 9.94. The van der Waals surface area contributed by atoms with E-state index in [0.29, 0.717) is 31.5 Å². The molecule has 5 heteroatoms. The van der Waals surface area contributed by atoms with Crippen molar-refractivity contribution in [3.05, 3.63) is 29.8 Å². The zero-order valence-corrected chi connectivity index (χ0v) is 14.7. The fraction of sp³-hybridized carbons (Fsp3) is 0.600. The molecule has 1 aromatic carbocycles. The van der Waals surface area contributed by atoms with E-state index in [4.69, 9.17) is 4.74 Å². The van der Waals surface area contributed by atoms with Crippen LogP contribution in [0.25, 0.3) is 0 Å². The van der Waals surface area contributed by atoms with Crippen molar-refractivity contribution in [2.75, 3.05) is 13.7 Å². The van der Waals surface area contributed by atoms with Gasteiger partial charge in [-0.1, -0.05) is 18.6 Å². The van der Waals surface area contributed by atoms with Crippen molar-refractivity contribution in [2.24, 2.45) is 17.8 Å². The summed E-state index contributed by atoms with van der Waals surface area (Å²) in [6, 6.07) is 8.08. The third-order valence-corrected chi connectivity index (χ3v) is 6.16. The number of amides is 2. The molecular formula is C20H26N2O3. The molecule has 5 nitrogen and oxygen atoms in total. The number of rotatable bonds is 5. The fourth-order valence-electron chi connectivity index (χ4n) is 4.81. The first-order valence-corrected chi connectivity index (χ1v) is 9.33. The van der Waals surface area contributed by atoms with Gasteiger partial charge in [0.25, 0.3) is 0 Å². The molecule has 0 spiro atoms. The third-order valence-electron chi connectivity index (χ3n) is 6.16. The number of nitrogens with one attached hydrogen (secondary N) is 1. The van der Waals surface area contributed by atoms with Crippen LogP contribution in [0.4, 0.5) is 0 Å². The molecule has 1 aromatic rings. The molecule has 134 valence electrons. The molecule has 25 heavy (non-hydrogen) atoms. The summed E-state index contributed by atoms with van der Waals surface area (Å²) in [6.07, 6.45) is 5.31. The summed E-state index contributed by atoms with van der Waals surface area (Å²) in [4.78, 5) is 26.7. The SMILES string of the molecule is COc1cccc(CN2CC(C(=O)NC3CC4CCC3C4)CC2=O)c1. The molecule has 3 aliphatic rings. The Morgan fingerprint density at radius 3 is 2.92 bits per heavy atom. The molecule has 1 N–H and O–H groups in total. The first-order chi connectivity index (χ1) is 12.1. The van der Waals surface area contributed by atoms with Gasteiger partial charge in [-0.3, -0.25) is 9.59 Å². The minimum atomic E-state index is -0.211. The van der Waals surface area contributed by atoms with E-state index >= 15 is 0 Å². The Morgan fingerprint density at radius 1 is 1.32 bits per heavy atom. The lowest BCUT2D eigenvalue weighted by Crippen LogP contribution is -2.42. The number of carbonyl (C=O) groups excluding carboxylic acids is 2. The Bertz CT molecular complexity index is 675. The van der Waals surface area contributed by atoms with Gasteiger partial charge in [0.05, 0.1) is 13.0 Å². The molecule has 1 aliphatic heterocycles. The van der Waals surface area contributed by atoms with Crippen LogP contribution in [0.2, 0.25) is 0 Å². The first-order valence-electron chi connectivity index (χ1n) is 9.33. The smallest absolute Gasteiger partial charge is 0.225 e. The Balaban J connectivity index is 1.34. The normalized spacial score (nSPS) is 30.8. The van der Waals surface area contributed by atoms with E-state index in [2.05, 4.69) is 5.32 Å². The summed E-state index contributed by atoms with van der Waals surface area (Å²) < 4.78 is 5.24. The number of fused-ring (bicyclic) bond motifs is 2. The summed E-state index contributed by atoms with van der Waals surface area (Å²) in [5.74, 6) is 2.19. The van der Waals surface area contributed by atoms with Crippen molar-refractivity contribution in [3.63, 3.8) is 0 Å². The number of hydrogen-bond donors (Lipinski definition) is 1. The van der Waals surface area contributed by atoms with E-state index in [1.165, 1.54) is 19.3 Å². The highest BCUT2D eigenvalue weighted by atomic mass is 16.5. The largest absolute Gasteiger partial charge is 0.497 e. The van der Waals surface area contributed by atoms with Crippen molar-refractivity contribution in [2.45, 2.75) is 44.7 Å². The highest BCUT2D eigenvalue weighted by molar-refractivity contribution is 5.89. The van der Waals surface area contributed by atoms with E-state index in [-0.39, 0.29) is 17.7 Å². The molecule has 1 heterocycles. The second kappa shape index (κ2) is 6.70. The van der Waals surface area contributed by atoms with Crippen LogP contribution in [0, 0.1) is 17.8 Å². The van der Waals surface area contributed by atoms with Crippen LogP contribution in [-0.4, -0.2) is 36.4 Å². The van der Waals surface area contributed by atoms with E-state index in [1.807, 2.05) is 24.3 Å². The summed E-state index contributed by atoms with van der Waals surface area (Å²) >= 11 is 0. The summed E-state index contributed by atoms with van der Waals surface area (Å²) in [5.41, 5.74) is 1.03. The average molecular weight is 342 g/mol. The molecule has 4 rings (SSSR count). The molecule has 4 unspecified atom stereocenters. The van der Waals surface area contributed by atoms with Gasteiger partial charge < -0.3 is 15.0 Å². The molecule has 3 fully saturated rings. The van der Waals surface area contributed by atoms with Crippen molar-refractivity contribution in [1.29, 1.82) is 0 Å². The molecule has 4 atom stereocenters. The Morgan fingerprint density at radius 2 is 2.20 bits per heavy atom. The quantitative estimate of drug-likeness (QED) is 0.894. The van der Waals surface area contributed by atoms with Gasteiger partial charge in [0.1, 0.15) is 5.75 Å². The zero-order valence-electron chi connectivity index (χ0n) is 14.7. The number of methoxy groups -OCH3 is 1. The predicted molar refractivity (Wildman–Crippen MR) is 93.9 cm³/mol. The van der Waals surface area contributed by atoms with Gasteiger partial charge in [-0.05, 0) is 48.8 Å². The Hall–Kier alpha value is -2.04. The molecule has 2 amide bonds. The van der Waals surface area contributed by atoms with Crippen LogP contribution in [-0.2, 0) is 16.1 Å². The van der Waals surface area contributed by atoms with Gasteiger partial charge in [-0.25, -0.2) is 0 Å². The second-order valence-electron chi connectivity index (χ2n) is 7.82. The molecule has 2 bridgehead atoms. The number of carbonyl (C=O) groups is 2. The summed E-state index contributed by atoms with van der Waals surface area (Å²) in [5, 5.41) is 3.24. The number of benzene rings is 1.